The fourth-order valence-corrected chi connectivity index (χ4v) is 3.59. The van der Waals surface area contributed by atoms with Gasteiger partial charge in [0.15, 0.2) is 5.82 Å². The molecule has 0 aromatic carbocycles. The number of aromatic nitrogens is 5. The second kappa shape index (κ2) is 6.25. The highest BCUT2D eigenvalue weighted by atomic mass is 16.5. The molecule has 0 spiro atoms. The van der Waals surface area contributed by atoms with E-state index in [2.05, 4.69) is 20.3 Å². The summed E-state index contributed by atoms with van der Waals surface area (Å²) in [6, 6.07) is 0. The van der Waals surface area contributed by atoms with Crippen LogP contribution >= 0.6 is 0 Å². The fraction of sp³-hybridized carbons (Fsp3) is 0.647. The van der Waals surface area contributed by atoms with Crippen molar-refractivity contribution in [1.82, 2.24) is 29.9 Å². The van der Waals surface area contributed by atoms with E-state index in [-0.39, 0.29) is 17.9 Å². The molecular formula is C17H24N6O2. The third-order valence-corrected chi connectivity index (χ3v) is 5.14. The third-order valence-electron chi connectivity index (χ3n) is 5.14. The molecule has 8 heteroatoms. The van der Waals surface area contributed by atoms with Crippen LogP contribution in [0.25, 0.3) is 0 Å². The second-order valence-electron chi connectivity index (χ2n) is 7.12. The van der Waals surface area contributed by atoms with Crippen LogP contribution in [0.3, 0.4) is 0 Å². The molecule has 25 heavy (non-hydrogen) atoms. The third kappa shape index (κ3) is 3.06. The molecule has 3 heterocycles. The molecule has 2 atom stereocenters. The minimum atomic E-state index is -0.0817. The Bertz CT molecular complexity index is 778. The Hall–Kier alpha value is -2.22. The van der Waals surface area contributed by atoms with Crippen molar-refractivity contribution in [2.24, 2.45) is 7.05 Å². The van der Waals surface area contributed by atoms with Gasteiger partial charge in [0, 0.05) is 32.8 Å². The van der Waals surface area contributed by atoms with Gasteiger partial charge < -0.3 is 9.64 Å². The average Bonchev–Trinajstić information content (AvgIpc) is 2.98. The van der Waals surface area contributed by atoms with Crippen LogP contribution < -0.4 is 0 Å². The number of nitrogens with one attached hydrogen (secondary N) is 1. The predicted molar refractivity (Wildman–Crippen MR) is 90.4 cm³/mol. The summed E-state index contributed by atoms with van der Waals surface area (Å²) >= 11 is 0. The number of hydrogen-bond acceptors (Lipinski definition) is 5. The number of nitrogens with zero attached hydrogens (tertiary/aromatic N) is 5. The van der Waals surface area contributed by atoms with Gasteiger partial charge in [0.05, 0.1) is 18.2 Å². The van der Waals surface area contributed by atoms with Gasteiger partial charge in [-0.2, -0.15) is 10.2 Å². The van der Waals surface area contributed by atoms with Crippen molar-refractivity contribution in [2.75, 3.05) is 20.2 Å². The van der Waals surface area contributed by atoms with Crippen molar-refractivity contribution in [2.45, 2.75) is 44.1 Å². The Morgan fingerprint density at radius 1 is 1.44 bits per heavy atom. The molecule has 134 valence electrons. The molecule has 1 aliphatic carbocycles. The molecule has 0 radical (unpaired) electrons. The zero-order valence-electron chi connectivity index (χ0n) is 14.9. The monoisotopic (exact) mass is 344 g/mol. The smallest absolute Gasteiger partial charge is 0.272 e. The van der Waals surface area contributed by atoms with E-state index >= 15 is 0 Å². The largest absolute Gasteiger partial charge is 0.376 e. The van der Waals surface area contributed by atoms with Crippen molar-refractivity contribution in [3.63, 3.8) is 0 Å². The molecule has 4 rings (SSSR count). The Balaban J connectivity index is 1.48. The minimum Gasteiger partial charge on any atom is -0.376 e. The number of aryl methyl sites for hydroxylation is 2. The van der Waals surface area contributed by atoms with E-state index in [1.54, 1.807) is 9.58 Å². The molecule has 2 aliphatic rings. The van der Waals surface area contributed by atoms with Gasteiger partial charge in [-0.3, -0.25) is 14.6 Å². The van der Waals surface area contributed by atoms with Gasteiger partial charge in [-0.1, -0.05) is 0 Å². The van der Waals surface area contributed by atoms with Crippen molar-refractivity contribution in [1.29, 1.82) is 0 Å². The van der Waals surface area contributed by atoms with E-state index in [9.17, 15) is 4.79 Å². The highest BCUT2D eigenvalue weighted by Crippen LogP contribution is 2.41. The number of likely N-dealkylation sites (N-methyl/N-ethyl adjacent to an activating group) is 1. The lowest BCUT2D eigenvalue weighted by Gasteiger charge is -2.24. The molecule has 2 aromatic rings. The Morgan fingerprint density at radius 3 is 2.92 bits per heavy atom. The molecule has 1 amide bonds. The summed E-state index contributed by atoms with van der Waals surface area (Å²) in [5.41, 5.74) is 1.78. The molecule has 1 saturated carbocycles. The molecule has 2 aromatic heterocycles. The molecule has 8 nitrogen and oxygen atoms in total. The van der Waals surface area contributed by atoms with Crippen LogP contribution in [0.15, 0.2) is 6.20 Å². The predicted octanol–water partition coefficient (Wildman–Crippen LogP) is 1.37. The lowest BCUT2D eigenvalue weighted by molar-refractivity contribution is 0.0541. The van der Waals surface area contributed by atoms with Crippen LogP contribution in [-0.4, -0.2) is 62.1 Å². The summed E-state index contributed by atoms with van der Waals surface area (Å²) in [6.07, 6.45) is 4.93. The van der Waals surface area contributed by atoms with Crippen LogP contribution in [0, 0.1) is 6.92 Å². The van der Waals surface area contributed by atoms with Crippen molar-refractivity contribution in [3.05, 3.63) is 29.1 Å². The van der Waals surface area contributed by atoms with Gasteiger partial charge in [0.1, 0.15) is 11.5 Å². The molecule has 1 aliphatic heterocycles. The number of amides is 1. The summed E-state index contributed by atoms with van der Waals surface area (Å²) < 4.78 is 7.57. The van der Waals surface area contributed by atoms with Crippen molar-refractivity contribution >= 4 is 5.91 Å². The van der Waals surface area contributed by atoms with E-state index < -0.39 is 0 Å². The van der Waals surface area contributed by atoms with E-state index in [1.807, 2.05) is 27.2 Å². The van der Waals surface area contributed by atoms with Gasteiger partial charge in [-0.15, -0.1) is 0 Å². The number of carbonyl (C=O) groups excluding carboxylic acids is 1. The van der Waals surface area contributed by atoms with Gasteiger partial charge in [-0.25, -0.2) is 4.98 Å². The van der Waals surface area contributed by atoms with Crippen molar-refractivity contribution in [3.8, 4) is 0 Å². The van der Waals surface area contributed by atoms with Gasteiger partial charge >= 0.3 is 0 Å². The normalized spacial score (nSPS) is 23.2. The number of hydrogen-bond donors (Lipinski definition) is 1. The molecule has 1 saturated heterocycles. The number of ether oxygens (including phenoxy) is 1. The first kappa shape index (κ1) is 16.3. The summed E-state index contributed by atoms with van der Waals surface area (Å²) in [7, 11) is 3.66. The van der Waals surface area contributed by atoms with Gasteiger partial charge in [-0.05, 0) is 32.1 Å². The number of aromatic amines is 1. The van der Waals surface area contributed by atoms with Crippen LogP contribution in [0.1, 0.15) is 58.8 Å². The summed E-state index contributed by atoms with van der Waals surface area (Å²) in [5.74, 6) is 2.19. The SMILES string of the molecule is Cc1nc([C@@H]2CCO[C@@H]2CN(C)C(=O)c2c(C3CC3)cnn2C)n[nH]1. The maximum atomic E-state index is 13.0. The molecular weight excluding hydrogens is 320 g/mol. The van der Waals surface area contributed by atoms with E-state index in [4.69, 9.17) is 4.74 Å². The summed E-state index contributed by atoms with van der Waals surface area (Å²) in [5, 5.41) is 11.5. The first-order chi connectivity index (χ1) is 12.0. The Kier molecular flexibility index (Phi) is 4.07. The second-order valence-corrected chi connectivity index (χ2v) is 7.12. The molecule has 1 N–H and O–H groups in total. The maximum absolute atomic E-state index is 13.0. The molecule has 2 fully saturated rings. The lowest BCUT2D eigenvalue weighted by atomic mass is 10.00. The van der Waals surface area contributed by atoms with E-state index in [0.29, 0.717) is 24.8 Å². The number of rotatable bonds is 5. The first-order valence-electron chi connectivity index (χ1n) is 8.82. The number of H-pyrrole nitrogens is 1. The number of carbonyl (C=O) groups is 1. The summed E-state index contributed by atoms with van der Waals surface area (Å²) in [6.45, 7) is 3.08. The zero-order chi connectivity index (χ0) is 17.6. The van der Waals surface area contributed by atoms with Gasteiger partial charge in [0.2, 0.25) is 0 Å². The maximum Gasteiger partial charge on any atom is 0.272 e. The van der Waals surface area contributed by atoms with Crippen LogP contribution in [-0.2, 0) is 11.8 Å². The Labute approximate surface area is 146 Å². The summed E-state index contributed by atoms with van der Waals surface area (Å²) in [4.78, 5) is 19.2. The van der Waals surface area contributed by atoms with Crippen LogP contribution in [0.4, 0.5) is 0 Å². The van der Waals surface area contributed by atoms with Crippen molar-refractivity contribution < 1.29 is 9.53 Å². The fourth-order valence-electron chi connectivity index (χ4n) is 3.59. The quantitative estimate of drug-likeness (QED) is 0.885. The topological polar surface area (TPSA) is 88.9 Å². The van der Waals surface area contributed by atoms with E-state index in [0.717, 1.165) is 36.5 Å². The van der Waals surface area contributed by atoms with Crippen LogP contribution in [0.2, 0.25) is 0 Å². The standard InChI is InChI=1S/C17H24N6O2/c1-10-19-16(21-20-10)12-6-7-25-14(12)9-22(2)17(24)15-13(11-4-5-11)8-18-23(15)3/h8,11-12,14H,4-7,9H2,1-3H3,(H,19,20,21)/t12-,14-/m1/s1. The highest BCUT2D eigenvalue weighted by Gasteiger charge is 2.36. The first-order valence-corrected chi connectivity index (χ1v) is 8.82. The van der Waals surface area contributed by atoms with Gasteiger partial charge in [0.25, 0.3) is 5.91 Å². The highest BCUT2D eigenvalue weighted by molar-refractivity contribution is 5.94. The minimum absolute atomic E-state index is 0.00215. The molecule has 0 unspecified atom stereocenters. The van der Waals surface area contributed by atoms with E-state index in [1.165, 1.54) is 0 Å². The Morgan fingerprint density at radius 2 is 2.24 bits per heavy atom. The van der Waals surface area contributed by atoms with Crippen LogP contribution in [0.5, 0.6) is 0 Å². The zero-order valence-corrected chi connectivity index (χ0v) is 14.9. The average molecular weight is 344 g/mol. The lowest BCUT2D eigenvalue weighted by Crippen LogP contribution is -2.37. The molecule has 0 bridgehead atoms.